The highest BCUT2D eigenvalue weighted by Crippen LogP contribution is 2.33. The summed E-state index contributed by atoms with van der Waals surface area (Å²) in [7, 11) is 1.41. The number of nitrogens with zero attached hydrogens (tertiary/aromatic N) is 2. The molecule has 1 fully saturated rings. The molecule has 1 aliphatic heterocycles. The Labute approximate surface area is 122 Å². The van der Waals surface area contributed by atoms with Crippen LogP contribution in [0.4, 0.5) is 11.4 Å². The second-order valence-electron chi connectivity index (χ2n) is 5.14. The molecule has 0 unspecified atom stereocenters. The number of rotatable bonds is 5. The van der Waals surface area contributed by atoms with Crippen LogP contribution in [0.5, 0.6) is 5.75 Å². The van der Waals surface area contributed by atoms with Gasteiger partial charge in [-0.15, -0.1) is 0 Å². The van der Waals surface area contributed by atoms with Crippen molar-refractivity contribution < 1.29 is 19.6 Å². The second-order valence-corrected chi connectivity index (χ2v) is 5.14. The minimum absolute atomic E-state index is 0.0537. The number of piperidine rings is 1. The van der Waals surface area contributed by atoms with Crippen LogP contribution in [0.15, 0.2) is 18.2 Å². The molecule has 1 aromatic carbocycles. The van der Waals surface area contributed by atoms with Gasteiger partial charge in [0.05, 0.1) is 12.0 Å². The van der Waals surface area contributed by atoms with E-state index >= 15 is 0 Å². The number of benzene rings is 1. The lowest BCUT2D eigenvalue weighted by Gasteiger charge is -2.33. The molecule has 0 amide bonds. The van der Waals surface area contributed by atoms with E-state index in [1.165, 1.54) is 13.2 Å². The summed E-state index contributed by atoms with van der Waals surface area (Å²) in [5, 5.41) is 19.7. The highest BCUT2D eigenvalue weighted by Gasteiger charge is 2.23. The first kappa shape index (κ1) is 15.1. The minimum Gasteiger partial charge on any atom is -0.490 e. The van der Waals surface area contributed by atoms with Gasteiger partial charge in [-0.1, -0.05) is 0 Å². The summed E-state index contributed by atoms with van der Waals surface area (Å²) in [6.45, 7) is 1.50. The SMILES string of the molecule is COc1cc(N2CCC(CC(=O)O)CC2)ccc1[N+](=O)[O-]. The van der Waals surface area contributed by atoms with Gasteiger partial charge in [0.2, 0.25) is 0 Å². The maximum Gasteiger partial charge on any atom is 0.311 e. The van der Waals surface area contributed by atoms with Crippen molar-refractivity contribution in [2.24, 2.45) is 5.92 Å². The zero-order chi connectivity index (χ0) is 15.4. The van der Waals surface area contributed by atoms with Crippen molar-refractivity contribution in [3.8, 4) is 5.75 Å². The van der Waals surface area contributed by atoms with Crippen molar-refractivity contribution >= 4 is 17.3 Å². The van der Waals surface area contributed by atoms with Gasteiger partial charge in [-0.05, 0) is 24.8 Å². The van der Waals surface area contributed by atoms with E-state index in [2.05, 4.69) is 4.90 Å². The summed E-state index contributed by atoms with van der Waals surface area (Å²) in [5.74, 6) is -0.311. The monoisotopic (exact) mass is 294 g/mol. The quantitative estimate of drug-likeness (QED) is 0.661. The van der Waals surface area contributed by atoms with Crippen molar-refractivity contribution in [1.82, 2.24) is 0 Å². The molecule has 0 saturated carbocycles. The summed E-state index contributed by atoms with van der Waals surface area (Å²) in [5.41, 5.74) is 0.813. The molecular weight excluding hydrogens is 276 g/mol. The highest BCUT2D eigenvalue weighted by atomic mass is 16.6. The summed E-state index contributed by atoms with van der Waals surface area (Å²) in [6, 6.07) is 4.81. The molecule has 0 aromatic heterocycles. The average molecular weight is 294 g/mol. The van der Waals surface area contributed by atoms with Crippen molar-refractivity contribution in [3.05, 3.63) is 28.3 Å². The summed E-state index contributed by atoms with van der Waals surface area (Å²) < 4.78 is 5.07. The molecule has 1 N–H and O–H groups in total. The zero-order valence-corrected chi connectivity index (χ0v) is 11.8. The molecule has 0 spiro atoms. The van der Waals surface area contributed by atoms with Crippen molar-refractivity contribution in [3.63, 3.8) is 0 Å². The Morgan fingerprint density at radius 1 is 1.48 bits per heavy atom. The van der Waals surface area contributed by atoms with Crippen LogP contribution >= 0.6 is 0 Å². The topological polar surface area (TPSA) is 92.9 Å². The normalized spacial score (nSPS) is 15.8. The first-order chi connectivity index (χ1) is 10.0. The molecule has 7 nitrogen and oxygen atoms in total. The van der Waals surface area contributed by atoms with Crippen LogP contribution in [0.3, 0.4) is 0 Å². The maximum atomic E-state index is 10.9. The molecule has 0 bridgehead atoms. The van der Waals surface area contributed by atoms with E-state index in [4.69, 9.17) is 9.84 Å². The number of nitro groups is 1. The fraction of sp³-hybridized carbons (Fsp3) is 0.500. The largest absolute Gasteiger partial charge is 0.490 e. The Hall–Kier alpha value is -2.31. The van der Waals surface area contributed by atoms with Crippen LogP contribution in [0.1, 0.15) is 19.3 Å². The van der Waals surface area contributed by atoms with Crippen LogP contribution in [0.25, 0.3) is 0 Å². The Bertz CT molecular complexity index is 538. The fourth-order valence-corrected chi connectivity index (χ4v) is 2.66. The van der Waals surface area contributed by atoms with Gasteiger partial charge in [-0.25, -0.2) is 0 Å². The first-order valence-electron chi connectivity index (χ1n) is 6.80. The predicted octanol–water partition coefficient (Wildman–Crippen LogP) is 2.29. The van der Waals surface area contributed by atoms with Crippen molar-refractivity contribution in [1.29, 1.82) is 0 Å². The van der Waals surface area contributed by atoms with Gasteiger partial charge in [-0.3, -0.25) is 14.9 Å². The van der Waals surface area contributed by atoms with Crippen LogP contribution in [0.2, 0.25) is 0 Å². The molecular formula is C14H18N2O5. The number of hydrogen-bond donors (Lipinski definition) is 1. The molecule has 0 aliphatic carbocycles. The summed E-state index contributed by atoms with van der Waals surface area (Å²) >= 11 is 0. The van der Waals surface area contributed by atoms with Crippen molar-refractivity contribution in [2.45, 2.75) is 19.3 Å². The third-order valence-corrected chi connectivity index (χ3v) is 3.80. The van der Waals surface area contributed by atoms with Gasteiger partial charge in [0.25, 0.3) is 0 Å². The number of carboxylic acids is 1. The lowest BCUT2D eigenvalue weighted by Crippen LogP contribution is -2.34. The van der Waals surface area contributed by atoms with Gasteiger partial charge < -0.3 is 14.7 Å². The van der Waals surface area contributed by atoms with E-state index in [9.17, 15) is 14.9 Å². The predicted molar refractivity (Wildman–Crippen MR) is 76.8 cm³/mol. The molecule has 2 rings (SSSR count). The number of ether oxygens (including phenoxy) is 1. The number of methoxy groups -OCH3 is 1. The summed E-state index contributed by atoms with van der Waals surface area (Å²) in [6.07, 6.45) is 1.83. The van der Waals surface area contributed by atoms with E-state index in [1.54, 1.807) is 12.1 Å². The number of anilines is 1. The van der Waals surface area contributed by atoms with E-state index in [1.807, 2.05) is 0 Å². The summed E-state index contributed by atoms with van der Waals surface area (Å²) in [4.78, 5) is 23.2. The van der Waals surface area contributed by atoms with Gasteiger partial charge in [0.1, 0.15) is 0 Å². The van der Waals surface area contributed by atoms with E-state index in [0.29, 0.717) is 0 Å². The molecule has 114 valence electrons. The van der Waals surface area contributed by atoms with Gasteiger partial charge in [-0.2, -0.15) is 0 Å². The fourth-order valence-electron chi connectivity index (χ4n) is 2.66. The zero-order valence-electron chi connectivity index (χ0n) is 11.8. The molecule has 0 atom stereocenters. The smallest absolute Gasteiger partial charge is 0.311 e. The van der Waals surface area contributed by atoms with E-state index < -0.39 is 10.9 Å². The number of aliphatic carboxylic acids is 1. The molecule has 21 heavy (non-hydrogen) atoms. The number of hydrogen-bond acceptors (Lipinski definition) is 5. The molecule has 0 radical (unpaired) electrons. The average Bonchev–Trinajstić information content (AvgIpc) is 2.46. The van der Waals surface area contributed by atoms with Gasteiger partial charge >= 0.3 is 11.7 Å². The van der Waals surface area contributed by atoms with Crippen molar-refractivity contribution in [2.75, 3.05) is 25.1 Å². The lowest BCUT2D eigenvalue weighted by atomic mass is 9.93. The Balaban J connectivity index is 2.06. The Kier molecular flexibility index (Phi) is 4.62. The molecule has 7 heteroatoms. The maximum absolute atomic E-state index is 10.9. The molecule has 1 aromatic rings. The first-order valence-corrected chi connectivity index (χ1v) is 6.80. The molecule has 1 saturated heterocycles. The number of carboxylic acid groups (broad SMARTS) is 1. The van der Waals surface area contributed by atoms with E-state index in [-0.39, 0.29) is 23.8 Å². The second kappa shape index (κ2) is 6.43. The molecule has 1 aliphatic rings. The van der Waals surface area contributed by atoms with Crippen LogP contribution < -0.4 is 9.64 Å². The Morgan fingerprint density at radius 3 is 2.67 bits per heavy atom. The highest BCUT2D eigenvalue weighted by molar-refractivity contribution is 5.67. The lowest BCUT2D eigenvalue weighted by molar-refractivity contribution is -0.385. The third-order valence-electron chi connectivity index (χ3n) is 3.80. The minimum atomic E-state index is -0.759. The van der Waals surface area contributed by atoms with Gasteiger partial charge in [0.15, 0.2) is 5.75 Å². The van der Waals surface area contributed by atoms with Gasteiger partial charge in [0, 0.05) is 37.3 Å². The van der Waals surface area contributed by atoms with Crippen LogP contribution in [-0.4, -0.2) is 36.2 Å². The third kappa shape index (κ3) is 3.62. The number of carbonyl (C=O) groups is 1. The number of nitro benzene ring substituents is 1. The van der Waals surface area contributed by atoms with E-state index in [0.717, 1.165) is 31.6 Å². The van der Waals surface area contributed by atoms with Crippen LogP contribution in [0, 0.1) is 16.0 Å². The van der Waals surface area contributed by atoms with Crippen LogP contribution in [-0.2, 0) is 4.79 Å². The standard InChI is InChI=1S/C14H18N2O5/c1-21-13-9-11(2-3-12(13)16(19)20)15-6-4-10(5-7-15)8-14(17)18/h2-3,9-10H,4-8H2,1H3,(H,17,18). The Morgan fingerprint density at radius 2 is 2.14 bits per heavy atom. The molecule has 1 heterocycles.